The van der Waals surface area contributed by atoms with E-state index in [2.05, 4.69) is 25.8 Å². The van der Waals surface area contributed by atoms with E-state index >= 15 is 0 Å². The van der Waals surface area contributed by atoms with Gasteiger partial charge in [0, 0.05) is 5.54 Å². The molecule has 7 nitrogen and oxygen atoms in total. The summed E-state index contributed by atoms with van der Waals surface area (Å²) in [7, 11) is 0. The largest absolute Gasteiger partial charge is 0.332 e. The third-order valence-electron chi connectivity index (χ3n) is 5.58. The lowest BCUT2D eigenvalue weighted by atomic mass is 9.53. The fraction of sp³-hybridized carbons (Fsp3) is 0.750. The molecule has 0 aliphatic heterocycles. The van der Waals surface area contributed by atoms with Gasteiger partial charge in [0.05, 0.1) is 5.75 Å². The van der Waals surface area contributed by atoms with E-state index in [0.29, 0.717) is 11.0 Å². The molecule has 4 aliphatic carbocycles. The minimum atomic E-state index is -0.353. The molecule has 3 N–H and O–H groups in total. The number of rotatable bonds is 4. The van der Waals surface area contributed by atoms with Crippen molar-refractivity contribution < 1.29 is 9.59 Å². The van der Waals surface area contributed by atoms with Gasteiger partial charge in [0.1, 0.15) is 5.82 Å². The van der Waals surface area contributed by atoms with Crippen molar-refractivity contribution in [2.24, 2.45) is 17.8 Å². The van der Waals surface area contributed by atoms with Gasteiger partial charge in [0.2, 0.25) is 11.1 Å². The second-order valence-corrected chi connectivity index (χ2v) is 8.63. The topological polar surface area (TPSA) is 99.8 Å². The molecule has 1 aromatic heterocycles. The predicted molar refractivity (Wildman–Crippen MR) is 89.4 cm³/mol. The van der Waals surface area contributed by atoms with Crippen LogP contribution < -0.4 is 10.6 Å². The van der Waals surface area contributed by atoms with Crippen molar-refractivity contribution >= 4 is 23.7 Å². The molecule has 5 rings (SSSR count). The summed E-state index contributed by atoms with van der Waals surface area (Å²) < 4.78 is 0. The molecule has 130 valence electrons. The van der Waals surface area contributed by atoms with E-state index in [1.807, 2.05) is 0 Å². The molecule has 0 saturated heterocycles. The lowest BCUT2D eigenvalue weighted by molar-refractivity contribution is -0.117. The zero-order valence-electron chi connectivity index (χ0n) is 13.8. The fourth-order valence-corrected chi connectivity index (χ4v) is 5.86. The monoisotopic (exact) mass is 349 g/mol. The average molecular weight is 349 g/mol. The summed E-state index contributed by atoms with van der Waals surface area (Å²) in [5.41, 5.74) is -0.0763. The Hall–Kier alpha value is -1.57. The molecule has 24 heavy (non-hydrogen) atoms. The molecule has 0 unspecified atom stereocenters. The van der Waals surface area contributed by atoms with Crippen LogP contribution in [0.4, 0.5) is 4.79 Å². The number of aromatic amines is 1. The number of hydrogen-bond acceptors (Lipinski definition) is 5. The number of hydrogen-bond donors (Lipinski definition) is 3. The Bertz CT molecular complexity index is 623. The van der Waals surface area contributed by atoms with Crippen LogP contribution in [0.15, 0.2) is 5.16 Å². The molecule has 3 amide bonds. The molecule has 0 aromatic carbocycles. The van der Waals surface area contributed by atoms with Crippen molar-refractivity contribution in [1.82, 2.24) is 25.8 Å². The Morgan fingerprint density at radius 3 is 2.38 bits per heavy atom. The predicted octanol–water partition coefficient (Wildman–Crippen LogP) is 2.00. The molecule has 1 aromatic rings. The third-order valence-corrected chi connectivity index (χ3v) is 6.43. The molecule has 4 saturated carbocycles. The Labute approximate surface area is 145 Å². The standard InChI is InChI=1S/C16H23N5O2S/c1-9-17-15(21-20-9)24-8-13(22)18-14(23)19-16-5-10-2-11(6-16)4-12(3-10)7-16/h10-12H,2-8H2,1H3,(H,17,20,21)(H2,18,19,22,23). The van der Waals surface area contributed by atoms with Gasteiger partial charge < -0.3 is 5.32 Å². The molecule has 0 atom stereocenters. The van der Waals surface area contributed by atoms with Gasteiger partial charge in [0.15, 0.2) is 0 Å². The second kappa shape index (κ2) is 6.06. The summed E-state index contributed by atoms with van der Waals surface area (Å²) in [6, 6.07) is -0.353. The molecule has 1 heterocycles. The van der Waals surface area contributed by atoms with Crippen LogP contribution in [-0.4, -0.2) is 38.4 Å². The first kappa shape index (κ1) is 15.9. The van der Waals surface area contributed by atoms with Gasteiger partial charge in [-0.2, -0.15) is 0 Å². The van der Waals surface area contributed by atoms with Gasteiger partial charge in [-0.25, -0.2) is 9.78 Å². The maximum absolute atomic E-state index is 12.3. The zero-order valence-corrected chi connectivity index (χ0v) is 14.6. The van der Waals surface area contributed by atoms with Gasteiger partial charge in [-0.05, 0) is 63.2 Å². The number of imide groups is 1. The summed E-state index contributed by atoms with van der Waals surface area (Å²) >= 11 is 1.22. The van der Waals surface area contributed by atoms with Crippen LogP contribution in [0.3, 0.4) is 0 Å². The normalized spacial score (nSPS) is 33.5. The number of nitrogens with one attached hydrogen (secondary N) is 3. The highest BCUT2D eigenvalue weighted by Gasteiger charge is 2.51. The molecular formula is C16H23N5O2S. The number of carbonyl (C=O) groups is 2. The number of aryl methyl sites for hydroxylation is 1. The smallest absolute Gasteiger partial charge is 0.321 e. The quantitative estimate of drug-likeness (QED) is 0.722. The van der Waals surface area contributed by atoms with Crippen LogP contribution in [-0.2, 0) is 4.79 Å². The SMILES string of the molecule is Cc1nc(SCC(=O)NC(=O)NC23CC4CC(CC(C4)C2)C3)n[nH]1. The van der Waals surface area contributed by atoms with Crippen molar-refractivity contribution in [2.75, 3.05) is 5.75 Å². The van der Waals surface area contributed by atoms with E-state index in [9.17, 15) is 9.59 Å². The van der Waals surface area contributed by atoms with Gasteiger partial charge in [-0.15, -0.1) is 5.10 Å². The Kier molecular flexibility index (Phi) is 4.02. The van der Waals surface area contributed by atoms with E-state index in [4.69, 9.17) is 0 Å². The Morgan fingerprint density at radius 1 is 1.21 bits per heavy atom. The molecule has 0 spiro atoms. The van der Waals surface area contributed by atoms with Crippen molar-refractivity contribution in [3.8, 4) is 0 Å². The number of thioether (sulfide) groups is 1. The molecular weight excluding hydrogens is 326 g/mol. The molecule has 4 fully saturated rings. The van der Waals surface area contributed by atoms with Gasteiger partial charge >= 0.3 is 6.03 Å². The van der Waals surface area contributed by atoms with Crippen LogP contribution in [0.2, 0.25) is 0 Å². The Balaban J connectivity index is 1.28. The number of nitrogens with zero attached hydrogens (tertiary/aromatic N) is 2. The van der Waals surface area contributed by atoms with Crippen molar-refractivity contribution in [1.29, 1.82) is 0 Å². The number of H-pyrrole nitrogens is 1. The first-order valence-corrected chi connectivity index (χ1v) is 9.62. The van der Waals surface area contributed by atoms with Crippen LogP contribution in [0, 0.1) is 24.7 Å². The first-order chi connectivity index (χ1) is 11.5. The summed E-state index contributed by atoms with van der Waals surface area (Å²) in [4.78, 5) is 28.3. The van der Waals surface area contributed by atoms with Crippen molar-refractivity contribution in [3.63, 3.8) is 0 Å². The number of carbonyl (C=O) groups excluding carboxylic acids is 2. The lowest BCUT2D eigenvalue weighted by Gasteiger charge is -2.56. The first-order valence-electron chi connectivity index (χ1n) is 8.63. The van der Waals surface area contributed by atoms with E-state index in [1.54, 1.807) is 6.92 Å². The van der Waals surface area contributed by atoms with Crippen LogP contribution >= 0.6 is 11.8 Å². The fourth-order valence-electron chi connectivity index (χ4n) is 5.22. The highest BCUT2D eigenvalue weighted by Crippen LogP contribution is 2.55. The summed E-state index contributed by atoms with van der Waals surface area (Å²) in [6.07, 6.45) is 7.21. The zero-order chi connectivity index (χ0) is 16.7. The van der Waals surface area contributed by atoms with E-state index < -0.39 is 0 Å². The van der Waals surface area contributed by atoms with Crippen LogP contribution in [0.25, 0.3) is 0 Å². The van der Waals surface area contributed by atoms with E-state index in [-0.39, 0.29) is 23.2 Å². The highest BCUT2D eigenvalue weighted by atomic mass is 32.2. The highest BCUT2D eigenvalue weighted by molar-refractivity contribution is 7.99. The molecule has 4 aliphatic rings. The third kappa shape index (κ3) is 3.29. The molecule has 0 radical (unpaired) electrons. The summed E-state index contributed by atoms with van der Waals surface area (Å²) in [5, 5.41) is 12.8. The molecule has 4 bridgehead atoms. The van der Waals surface area contributed by atoms with E-state index in [1.165, 1.54) is 31.0 Å². The average Bonchev–Trinajstić information content (AvgIpc) is 2.88. The van der Waals surface area contributed by atoms with Gasteiger partial charge in [0.25, 0.3) is 0 Å². The number of aromatic nitrogens is 3. The van der Waals surface area contributed by atoms with Crippen molar-refractivity contribution in [3.05, 3.63) is 5.82 Å². The minimum Gasteiger partial charge on any atom is -0.332 e. The molecule has 8 heteroatoms. The lowest BCUT2D eigenvalue weighted by Crippen LogP contribution is -2.61. The second-order valence-electron chi connectivity index (χ2n) is 7.69. The number of amides is 3. The Morgan fingerprint density at radius 2 is 1.83 bits per heavy atom. The minimum absolute atomic E-state index is 0.0763. The number of urea groups is 1. The maximum atomic E-state index is 12.3. The van der Waals surface area contributed by atoms with Crippen LogP contribution in [0.5, 0.6) is 0 Å². The van der Waals surface area contributed by atoms with Gasteiger partial charge in [-0.1, -0.05) is 11.8 Å². The van der Waals surface area contributed by atoms with Crippen molar-refractivity contribution in [2.45, 2.75) is 56.1 Å². The summed E-state index contributed by atoms with van der Waals surface area (Å²) in [5.74, 6) is 2.80. The van der Waals surface area contributed by atoms with Crippen LogP contribution in [0.1, 0.15) is 44.3 Å². The maximum Gasteiger partial charge on any atom is 0.321 e. The van der Waals surface area contributed by atoms with Gasteiger partial charge in [-0.3, -0.25) is 15.2 Å². The summed E-state index contributed by atoms with van der Waals surface area (Å²) in [6.45, 7) is 1.80. The van der Waals surface area contributed by atoms with E-state index in [0.717, 1.165) is 37.0 Å².